The third-order valence-electron chi connectivity index (χ3n) is 3.60. The van der Waals surface area contributed by atoms with Crippen LogP contribution in [-0.2, 0) is 5.41 Å². The average molecular weight is 271 g/mol. The lowest BCUT2D eigenvalue weighted by atomic mass is 9.86. The Kier molecular flexibility index (Phi) is 4.24. The third-order valence-corrected chi connectivity index (χ3v) is 3.60. The van der Waals surface area contributed by atoms with Crippen LogP contribution in [0.15, 0.2) is 48.5 Å². The standard InChI is InChI=1S/C18H22FN/c1-18(2,3)15-9-5-13(6-10-15)17(20-4)14-7-11-16(19)12-8-14/h5-12,17,20H,1-4H3. The summed E-state index contributed by atoms with van der Waals surface area (Å²) in [5.41, 5.74) is 3.73. The zero-order valence-electron chi connectivity index (χ0n) is 12.6. The van der Waals surface area contributed by atoms with Gasteiger partial charge >= 0.3 is 0 Å². The highest BCUT2D eigenvalue weighted by molar-refractivity contribution is 5.35. The predicted molar refractivity (Wildman–Crippen MR) is 82.4 cm³/mol. The van der Waals surface area contributed by atoms with E-state index in [1.54, 1.807) is 0 Å². The van der Waals surface area contributed by atoms with Crippen molar-refractivity contribution in [2.75, 3.05) is 7.05 Å². The van der Waals surface area contributed by atoms with Gasteiger partial charge in [0.05, 0.1) is 6.04 Å². The van der Waals surface area contributed by atoms with Crippen molar-refractivity contribution in [2.24, 2.45) is 0 Å². The fourth-order valence-corrected chi connectivity index (χ4v) is 2.36. The molecule has 0 bridgehead atoms. The maximum atomic E-state index is 13.0. The highest BCUT2D eigenvalue weighted by Crippen LogP contribution is 2.26. The minimum Gasteiger partial charge on any atom is -0.309 e. The van der Waals surface area contributed by atoms with E-state index in [0.29, 0.717) is 0 Å². The Morgan fingerprint density at radius 2 is 1.30 bits per heavy atom. The van der Waals surface area contributed by atoms with Crippen LogP contribution in [-0.4, -0.2) is 7.05 Å². The second kappa shape index (κ2) is 5.76. The fourth-order valence-electron chi connectivity index (χ4n) is 2.36. The quantitative estimate of drug-likeness (QED) is 0.870. The van der Waals surface area contributed by atoms with Gasteiger partial charge in [0.1, 0.15) is 5.82 Å². The summed E-state index contributed by atoms with van der Waals surface area (Å²) in [6.45, 7) is 6.62. The Bertz CT molecular complexity index is 549. The van der Waals surface area contributed by atoms with Crippen LogP contribution in [0.1, 0.15) is 43.5 Å². The van der Waals surface area contributed by atoms with Crippen LogP contribution in [0.4, 0.5) is 4.39 Å². The van der Waals surface area contributed by atoms with E-state index in [0.717, 1.165) is 5.56 Å². The average Bonchev–Trinajstić information content (AvgIpc) is 2.41. The zero-order valence-corrected chi connectivity index (χ0v) is 12.6. The van der Waals surface area contributed by atoms with Crippen LogP contribution >= 0.6 is 0 Å². The zero-order chi connectivity index (χ0) is 14.8. The van der Waals surface area contributed by atoms with E-state index in [1.165, 1.54) is 23.3 Å². The molecule has 0 aliphatic carbocycles. The molecule has 2 aromatic carbocycles. The number of nitrogens with one attached hydrogen (secondary N) is 1. The number of benzene rings is 2. The van der Waals surface area contributed by atoms with Crippen LogP contribution in [0.5, 0.6) is 0 Å². The summed E-state index contributed by atoms with van der Waals surface area (Å²) in [5.74, 6) is -0.202. The molecule has 0 radical (unpaired) electrons. The van der Waals surface area contributed by atoms with Crippen LogP contribution in [0.2, 0.25) is 0 Å². The van der Waals surface area contributed by atoms with Gasteiger partial charge in [-0.05, 0) is 41.3 Å². The Hall–Kier alpha value is -1.67. The Balaban J connectivity index is 2.30. The molecule has 0 saturated carbocycles. The SMILES string of the molecule is CNC(c1ccc(F)cc1)c1ccc(C(C)(C)C)cc1. The van der Waals surface area contributed by atoms with Gasteiger partial charge in [0, 0.05) is 0 Å². The van der Waals surface area contributed by atoms with E-state index in [1.807, 2.05) is 19.2 Å². The Labute approximate surface area is 120 Å². The van der Waals surface area contributed by atoms with E-state index in [4.69, 9.17) is 0 Å². The monoisotopic (exact) mass is 271 g/mol. The molecular weight excluding hydrogens is 249 g/mol. The summed E-state index contributed by atoms with van der Waals surface area (Å²) >= 11 is 0. The molecule has 0 heterocycles. The van der Waals surface area contributed by atoms with Gasteiger partial charge in [0.2, 0.25) is 0 Å². The van der Waals surface area contributed by atoms with E-state index < -0.39 is 0 Å². The molecule has 20 heavy (non-hydrogen) atoms. The molecule has 0 aromatic heterocycles. The van der Waals surface area contributed by atoms with Crippen molar-refractivity contribution in [1.82, 2.24) is 5.32 Å². The summed E-state index contributed by atoms with van der Waals surface area (Å²) in [6, 6.07) is 15.4. The molecule has 2 aromatic rings. The minimum absolute atomic E-state index is 0.0876. The highest BCUT2D eigenvalue weighted by atomic mass is 19.1. The van der Waals surface area contributed by atoms with Crippen molar-refractivity contribution < 1.29 is 4.39 Å². The van der Waals surface area contributed by atoms with Gasteiger partial charge in [0.15, 0.2) is 0 Å². The van der Waals surface area contributed by atoms with E-state index >= 15 is 0 Å². The topological polar surface area (TPSA) is 12.0 Å². The number of hydrogen-bond donors (Lipinski definition) is 1. The Morgan fingerprint density at radius 1 is 0.850 bits per heavy atom. The number of rotatable bonds is 3. The smallest absolute Gasteiger partial charge is 0.123 e. The summed E-state index contributed by atoms with van der Waals surface area (Å²) in [5, 5.41) is 3.29. The molecule has 2 rings (SSSR count). The van der Waals surface area contributed by atoms with Gasteiger partial charge in [-0.3, -0.25) is 0 Å². The second-order valence-electron chi connectivity index (χ2n) is 6.15. The largest absolute Gasteiger partial charge is 0.309 e. The molecule has 0 spiro atoms. The summed E-state index contributed by atoms with van der Waals surface area (Å²) in [6.07, 6.45) is 0. The molecule has 0 saturated heterocycles. The normalized spacial score (nSPS) is 13.2. The predicted octanol–water partition coefficient (Wildman–Crippen LogP) is 4.43. The molecule has 0 aliphatic heterocycles. The molecule has 0 amide bonds. The molecule has 1 atom stereocenters. The second-order valence-corrected chi connectivity index (χ2v) is 6.15. The molecule has 1 N–H and O–H groups in total. The van der Waals surface area contributed by atoms with Gasteiger partial charge in [-0.15, -0.1) is 0 Å². The number of hydrogen-bond acceptors (Lipinski definition) is 1. The van der Waals surface area contributed by atoms with E-state index in [-0.39, 0.29) is 17.3 Å². The first kappa shape index (κ1) is 14.7. The number of halogens is 1. The lowest BCUT2D eigenvalue weighted by Crippen LogP contribution is -2.18. The Morgan fingerprint density at radius 3 is 1.70 bits per heavy atom. The summed E-state index contributed by atoms with van der Waals surface area (Å²) in [4.78, 5) is 0. The molecule has 2 heteroatoms. The van der Waals surface area contributed by atoms with Crippen LogP contribution in [0.25, 0.3) is 0 Å². The maximum absolute atomic E-state index is 13.0. The van der Waals surface area contributed by atoms with E-state index in [2.05, 4.69) is 50.4 Å². The molecule has 0 aliphatic rings. The van der Waals surface area contributed by atoms with Crippen molar-refractivity contribution in [2.45, 2.75) is 32.2 Å². The van der Waals surface area contributed by atoms with Crippen LogP contribution < -0.4 is 5.32 Å². The van der Waals surface area contributed by atoms with Crippen molar-refractivity contribution in [3.63, 3.8) is 0 Å². The van der Waals surface area contributed by atoms with Gasteiger partial charge in [-0.25, -0.2) is 4.39 Å². The summed E-state index contributed by atoms with van der Waals surface area (Å²) < 4.78 is 13.0. The van der Waals surface area contributed by atoms with Crippen molar-refractivity contribution >= 4 is 0 Å². The first-order chi connectivity index (χ1) is 9.41. The molecule has 106 valence electrons. The molecule has 1 nitrogen and oxygen atoms in total. The summed E-state index contributed by atoms with van der Waals surface area (Å²) in [7, 11) is 1.92. The third kappa shape index (κ3) is 3.26. The van der Waals surface area contributed by atoms with Crippen molar-refractivity contribution in [3.8, 4) is 0 Å². The van der Waals surface area contributed by atoms with Gasteiger partial charge in [-0.2, -0.15) is 0 Å². The maximum Gasteiger partial charge on any atom is 0.123 e. The molecule has 1 unspecified atom stereocenters. The first-order valence-corrected chi connectivity index (χ1v) is 6.95. The lowest BCUT2D eigenvalue weighted by Gasteiger charge is -2.22. The minimum atomic E-state index is -0.202. The van der Waals surface area contributed by atoms with Gasteiger partial charge < -0.3 is 5.32 Å². The van der Waals surface area contributed by atoms with E-state index in [9.17, 15) is 4.39 Å². The van der Waals surface area contributed by atoms with Crippen molar-refractivity contribution in [3.05, 3.63) is 71.0 Å². The highest BCUT2D eigenvalue weighted by Gasteiger charge is 2.16. The lowest BCUT2D eigenvalue weighted by molar-refractivity contribution is 0.589. The first-order valence-electron chi connectivity index (χ1n) is 6.95. The van der Waals surface area contributed by atoms with Gasteiger partial charge in [-0.1, -0.05) is 57.2 Å². The molecule has 0 fully saturated rings. The van der Waals surface area contributed by atoms with Gasteiger partial charge in [0.25, 0.3) is 0 Å². The van der Waals surface area contributed by atoms with Crippen LogP contribution in [0, 0.1) is 5.82 Å². The van der Waals surface area contributed by atoms with Crippen LogP contribution in [0.3, 0.4) is 0 Å². The molecular formula is C18H22FN. The fraction of sp³-hybridized carbons (Fsp3) is 0.333. The van der Waals surface area contributed by atoms with Crippen molar-refractivity contribution in [1.29, 1.82) is 0 Å².